The van der Waals surface area contributed by atoms with Crippen LogP contribution >= 0.6 is 0 Å². The molecule has 0 fully saturated rings. The lowest BCUT2D eigenvalue weighted by Crippen LogP contribution is -2.17. The second kappa shape index (κ2) is 7.96. The average molecular weight is 278 g/mol. The largest absolute Gasteiger partial charge is 0.495 e. The normalized spacial score (nSPS) is 9.70. The third-order valence-corrected chi connectivity index (χ3v) is 2.41. The second-order valence-corrected chi connectivity index (χ2v) is 3.89. The third kappa shape index (κ3) is 4.40. The van der Waals surface area contributed by atoms with Gasteiger partial charge in [-0.2, -0.15) is 0 Å². The Labute approximate surface area is 117 Å². The number of carbonyl (C=O) groups is 2. The first-order chi connectivity index (χ1) is 9.62. The van der Waals surface area contributed by atoms with Crippen LogP contribution in [0.1, 0.15) is 16.8 Å². The Bertz CT molecular complexity index is 500. The summed E-state index contributed by atoms with van der Waals surface area (Å²) in [7, 11) is 1.45. The molecule has 1 aromatic carbocycles. The molecule has 0 saturated carbocycles. The van der Waals surface area contributed by atoms with Gasteiger partial charge in [0, 0.05) is 13.0 Å². The summed E-state index contributed by atoms with van der Waals surface area (Å²) in [5.74, 6) is -0.320. The van der Waals surface area contributed by atoms with Crippen molar-refractivity contribution in [3.05, 3.63) is 36.4 Å². The SMILES string of the molecule is C=CCOC(=O)c1ccc(NC(=O)CCN)c(OC)c1. The molecule has 3 N–H and O–H groups in total. The number of ether oxygens (including phenoxy) is 2. The van der Waals surface area contributed by atoms with E-state index in [1.54, 1.807) is 12.1 Å². The summed E-state index contributed by atoms with van der Waals surface area (Å²) in [5, 5.41) is 2.66. The van der Waals surface area contributed by atoms with Crippen molar-refractivity contribution in [3.8, 4) is 5.75 Å². The van der Waals surface area contributed by atoms with Crippen molar-refractivity contribution in [2.24, 2.45) is 5.73 Å². The van der Waals surface area contributed by atoms with Gasteiger partial charge in [0.1, 0.15) is 12.4 Å². The Kier molecular flexibility index (Phi) is 6.25. The molecule has 0 aliphatic rings. The molecule has 0 bridgehead atoms. The summed E-state index contributed by atoms with van der Waals surface area (Å²) in [6.45, 7) is 3.86. The topological polar surface area (TPSA) is 90.7 Å². The van der Waals surface area contributed by atoms with E-state index in [9.17, 15) is 9.59 Å². The summed E-state index contributed by atoms with van der Waals surface area (Å²) in [6.07, 6.45) is 1.70. The maximum absolute atomic E-state index is 11.7. The number of hydrogen-bond donors (Lipinski definition) is 2. The number of esters is 1. The number of nitrogens with two attached hydrogens (primary N) is 1. The van der Waals surface area contributed by atoms with Crippen LogP contribution in [0.15, 0.2) is 30.9 Å². The zero-order valence-corrected chi connectivity index (χ0v) is 11.3. The molecule has 0 saturated heterocycles. The Balaban J connectivity index is 2.87. The van der Waals surface area contributed by atoms with Crippen LogP contribution in [0.2, 0.25) is 0 Å². The van der Waals surface area contributed by atoms with E-state index >= 15 is 0 Å². The lowest BCUT2D eigenvalue weighted by molar-refractivity contribution is -0.116. The highest BCUT2D eigenvalue weighted by molar-refractivity contribution is 5.95. The van der Waals surface area contributed by atoms with Crippen LogP contribution in [0.25, 0.3) is 0 Å². The molecule has 6 heteroatoms. The molecule has 1 amide bonds. The van der Waals surface area contributed by atoms with E-state index in [1.165, 1.54) is 19.3 Å². The molecule has 0 radical (unpaired) electrons. The fraction of sp³-hybridized carbons (Fsp3) is 0.286. The molecular weight excluding hydrogens is 260 g/mol. The highest BCUT2D eigenvalue weighted by Gasteiger charge is 2.12. The highest BCUT2D eigenvalue weighted by atomic mass is 16.5. The zero-order valence-electron chi connectivity index (χ0n) is 11.3. The van der Waals surface area contributed by atoms with Gasteiger partial charge in [0.2, 0.25) is 5.91 Å². The van der Waals surface area contributed by atoms with Crippen molar-refractivity contribution < 1.29 is 19.1 Å². The van der Waals surface area contributed by atoms with Crippen LogP contribution in [0.5, 0.6) is 5.75 Å². The number of hydrogen-bond acceptors (Lipinski definition) is 5. The quantitative estimate of drug-likeness (QED) is 0.580. The summed E-state index contributed by atoms with van der Waals surface area (Å²) in [5.41, 5.74) is 6.11. The van der Waals surface area contributed by atoms with Crippen LogP contribution < -0.4 is 15.8 Å². The summed E-state index contributed by atoms with van der Waals surface area (Å²) < 4.78 is 10.1. The van der Waals surface area contributed by atoms with Gasteiger partial charge >= 0.3 is 5.97 Å². The van der Waals surface area contributed by atoms with Crippen LogP contribution in [-0.4, -0.2) is 32.1 Å². The Hall–Kier alpha value is -2.34. The fourth-order valence-corrected chi connectivity index (χ4v) is 1.48. The third-order valence-electron chi connectivity index (χ3n) is 2.41. The molecule has 0 aromatic heterocycles. The van der Waals surface area contributed by atoms with Crippen molar-refractivity contribution in [2.45, 2.75) is 6.42 Å². The molecule has 108 valence electrons. The highest BCUT2D eigenvalue weighted by Crippen LogP contribution is 2.26. The van der Waals surface area contributed by atoms with Gasteiger partial charge < -0.3 is 20.5 Å². The lowest BCUT2D eigenvalue weighted by atomic mass is 10.2. The first kappa shape index (κ1) is 15.7. The first-order valence-corrected chi connectivity index (χ1v) is 6.08. The van der Waals surface area contributed by atoms with E-state index in [4.69, 9.17) is 15.2 Å². The number of rotatable bonds is 7. The van der Waals surface area contributed by atoms with Gasteiger partial charge in [-0.3, -0.25) is 4.79 Å². The molecule has 0 atom stereocenters. The molecular formula is C14H18N2O4. The first-order valence-electron chi connectivity index (χ1n) is 6.08. The summed E-state index contributed by atoms with van der Waals surface area (Å²) in [4.78, 5) is 23.2. The smallest absolute Gasteiger partial charge is 0.338 e. The predicted octanol–water partition coefficient (Wildman–Crippen LogP) is 1.33. The molecule has 6 nitrogen and oxygen atoms in total. The Morgan fingerprint density at radius 1 is 1.45 bits per heavy atom. The van der Waals surface area contributed by atoms with Gasteiger partial charge in [-0.15, -0.1) is 0 Å². The molecule has 0 aliphatic carbocycles. The van der Waals surface area contributed by atoms with E-state index in [1.807, 2.05) is 0 Å². The van der Waals surface area contributed by atoms with E-state index in [0.29, 0.717) is 17.0 Å². The standard InChI is InChI=1S/C14H18N2O4/c1-3-8-20-14(18)10-4-5-11(12(9-10)19-2)16-13(17)6-7-15/h3-5,9H,1,6-8,15H2,2H3,(H,16,17). The van der Waals surface area contributed by atoms with Gasteiger partial charge in [0.05, 0.1) is 18.4 Å². The van der Waals surface area contributed by atoms with Crippen molar-refractivity contribution in [3.63, 3.8) is 0 Å². The van der Waals surface area contributed by atoms with Crippen molar-refractivity contribution in [1.82, 2.24) is 0 Å². The number of benzene rings is 1. The van der Waals surface area contributed by atoms with E-state index in [0.717, 1.165) is 0 Å². The van der Waals surface area contributed by atoms with Crippen LogP contribution in [0.4, 0.5) is 5.69 Å². The van der Waals surface area contributed by atoms with E-state index in [2.05, 4.69) is 11.9 Å². The zero-order chi connectivity index (χ0) is 15.0. The van der Waals surface area contributed by atoms with Crippen molar-refractivity contribution in [1.29, 1.82) is 0 Å². The molecule has 0 unspecified atom stereocenters. The lowest BCUT2D eigenvalue weighted by Gasteiger charge is -2.11. The maximum atomic E-state index is 11.7. The summed E-state index contributed by atoms with van der Waals surface area (Å²) >= 11 is 0. The number of anilines is 1. The van der Waals surface area contributed by atoms with Gasteiger partial charge in [-0.05, 0) is 18.2 Å². The van der Waals surface area contributed by atoms with Gasteiger partial charge in [0.15, 0.2) is 0 Å². The predicted molar refractivity (Wildman–Crippen MR) is 75.8 cm³/mol. The van der Waals surface area contributed by atoms with Gasteiger partial charge in [0.25, 0.3) is 0 Å². The Morgan fingerprint density at radius 2 is 2.20 bits per heavy atom. The van der Waals surface area contributed by atoms with Crippen LogP contribution in [0, 0.1) is 0 Å². The molecule has 0 aliphatic heterocycles. The monoisotopic (exact) mass is 278 g/mol. The molecule has 0 spiro atoms. The van der Waals surface area contributed by atoms with E-state index in [-0.39, 0.29) is 25.5 Å². The number of carbonyl (C=O) groups excluding carboxylic acids is 2. The minimum absolute atomic E-state index is 0.135. The molecule has 0 heterocycles. The summed E-state index contributed by atoms with van der Waals surface area (Å²) in [6, 6.07) is 4.63. The maximum Gasteiger partial charge on any atom is 0.338 e. The van der Waals surface area contributed by atoms with Gasteiger partial charge in [-0.1, -0.05) is 12.7 Å². The molecule has 20 heavy (non-hydrogen) atoms. The van der Waals surface area contributed by atoms with Crippen molar-refractivity contribution >= 4 is 17.6 Å². The Morgan fingerprint density at radius 3 is 2.80 bits per heavy atom. The van der Waals surface area contributed by atoms with Gasteiger partial charge in [-0.25, -0.2) is 4.79 Å². The average Bonchev–Trinajstić information content (AvgIpc) is 2.45. The number of methoxy groups -OCH3 is 1. The number of nitrogens with one attached hydrogen (secondary N) is 1. The van der Waals surface area contributed by atoms with E-state index < -0.39 is 5.97 Å². The van der Waals surface area contributed by atoms with Crippen LogP contribution in [0.3, 0.4) is 0 Å². The second-order valence-electron chi connectivity index (χ2n) is 3.89. The fourth-order valence-electron chi connectivity index (χ4n) is 1.48. The van der Waals surface area contributed by atoms with Crippen molar-refractivity contribution in [2.75, 3.05) is 25.6 Å². The number of amides is 1. The minimum atomic E-state index is -0.483. The molecule has 1 aromatic rings. The molecule has 1 rings (SSSR count). The minimum Gasteiger partial charge on any atom is -0.495 e. The van der Waals surface area contributed by atoms with Crippen LogP contribution in [-0.2, 0) is 9.53 Å².